The molecule has 4 atom stereocenters. The Morgan fingerprint density at radius 2 is 0.857 bits per heavy atom. The molecule has 0 heterocycles. The fraction of sp³-hybridized carbons (Fsp3) is 0.833. The van der Waals surface area contributed by atoms with Crippen LogP contribution in [0.3, 0.4) is 0 Å². The van der Waals surface area contributed by atoms with Crippen LogP contribution in [0.2, 0.25) is 0 Å². The van der Waals surface area contributed by atoms with Gasteiger partial charge in [0, 0.05) is 12.8 Å². The quantitative estimate of drug-likeness (QED) is 0.236. The molecule has 4 N–H and O–H groups in total. The summed E-state index contributed by atoms with van der Waals surface area (Å²) in [6.07, 6.45) is 9.58. The van der Waals surface area contributed by atoms with E-state index in [2.05, 4.69) is 37.5 Å². The predicted octanol–water partition coefficient (Wildman–Crippen LogP) is 3.94. The summed E-state index contributed by atoms with van der Waals surface area (Å²) in [5.41, 5.74) is 0. The molecule has 0 bridgehead atoms. The van der Waals surface area contributed by atoms with Crippen molar-refractivity contribution in [3.05, 3.63) is 0 Å². The van der Waals surface area contributed by atoms with Crippen LogP contribution in [0.25, 0.3) is 0 Å². The second-order valence-electron chi connectivity index (χ2n) is 7.69. The Kier molecular flexibility index (Phi) is 18.6. The highest BCUT2D eigenvalue weighted by Crippen LogP contribution is 2.12. The van der Waals surface area contributed by atoms with Crippen molar-refractivity contribution in [2.75, 3.05) is 0 Å². The van der Waals surface area contributed by atoms with Crippen LogP contribution in [0.5, 0.6) is 0 Å². The monoisotopic (exact) mass is 394 g/mol. The van der Waals surface area contributed by atoms with E-state index < -0.39 is 24.4 Å². The molecule has 0 radical (unpaired) electrons. The van der Waals surface area contributed by atoms with Crippen LogP contribution in [0, 0.1) is 23.7 Å². The van der Waals surface area contributed by atoms with Gasteiger partial charge in [-0.1, -0.05) is 89.9 Å². The molecular formula is C24H42O4. The zero-order chi connectivity index (χ0) is 21.0. The minimum absolute atomic E-state index is 0.188. The fourth-order valence-electron chi connectivity index (χ4n) is 2.97. The SMILES string of the molecule is CCCCCCC[C@@H](O)[C@H](O)CC#CC#CC[C@H](O)[C@@H](O)CCCCCCC. The van der Waals surface area contributed by atoms with Gasteiger partial charge in [0.1, 0.15) is 0 Å². The van der Waals surface area contributed by atoms with Gasteiger partial charge >= 0.3 is 0 Å². The molecule has 0 saturated heterocycles. The smallest absolute Gasteiger partial charge is 0.0908 e. The minimum Gasteiger partial charge on any atom is -0.390 e. The van der Waals surface area contributed by atoms with Gasteiger partial charge in [-0.15, -0.1) is 0 Å². The first-order valence-corrected chi connectivity index (χ1v) is 11.2. The van der Waals surface area contributed by atoms with Crippen LogP contribution in [-0.2, 0) is 0 Å². The molecule has 28 heavy (non-hydrogen) atoms. The normalized spacial score (nSPS) is 14.9. The van der Waals surface area contributed by atoms with E-state index >= 15 is 0 Å². The van der Waals surface area contributed by atoms with Gasteiger partial charge in [0.25, 0.3) is 0 Å². The maximum atomic E-state index is 9.91. The molecule has 4 heteroatoms. The van der Waals surface area contributed by atoms with Crippen molar-refractivity contribution in [2.24, 2.45) is 0 Å². The van der Waals surface area contributed by atoms with Crippen LogP contribution >= 0.6 is 0 Å². The van der Waals surface area contributed by atoms with E-state index in [1.807, 2.05) is 0 Å². The largest absolute Gasteiger partial charge is 0.390 e. The molecule has 0 unspecified atom stereocenters. The maximum absolute atomic E-state index is 9.91. The van der Waals surface area contributed by atoms with E-state index in [1.54, 1.807) is 0 Å². The number of unbranched alkanes of at least 4 members (excludes halogenated alkanes) is 8. The summed E-state index contributed by atoms with van der Waals surface area (Å²) < 4.78 is 0. The molecule has 0 rings (SSSR count). The van der Waals surface area contributed by atoms with Crippen LogP contribution < -0.4 is 0 Å². The highest BCUT2D eigenvalue weighted by molar-refractivity contribution is 5.26. The zero-order valence-electron chi connectivity index (χ0n) is 18.0. The number of hydrogen-bond acceptors (Lipinski definition) is 4. The molecule has 0 saturated carbocycles. The first-order chi connectivity index (χ1) is 13.5. The van der Waals surface area contributed by atoms with Gasteiger partial charge in [-0.05, 0) is 24.7 Å². The van der Waals surface area contributed by atoms with Gasteiger partial charge in [-0.3, -0.25) is 0 Å². The van der Waals surface area contributed by atoms with E-state index in [1.165, 1.54) is 38.5 Å². The zero-order valence-corrected chi connectivity index (χ0v) is 18.0. The van der Waals surface area contributed by atoms with Gasteiger partial charge in [-0.2, -0.15) is 0 Å². The highest BCUT2D eigenvalue weighted by Gasteiger charge is 2.15. The molecule has 0 aliphatic heterocycles. The fourth-order valence-corrected chi connectivity index (χ4v) is 2.97. The van der Waals surface area contributed by atoms with Crippen molar-refractivity contribution in [3.8, 4) is 23.7 Å². The molecule has 0 amide bonds. The lowest BCUT2D eigenvalue weighted by atomic mass is 10.0. The second kappa shape index (κ2) is 19.3. The van der Waals surface area contributed by atoms with Crippen molar-refractivity contribution in [3.63, 3.8) is 0 Å². The summed E-state index contributed by atoms with van der Waals surface area (Å²) in [5, 5.41) is 39.6. The average molecular weight is 395 g/mol. The lowest BCUT2D eigenvalue weighted by molar-refractivity contribution is 0.0164. The first-order valence-electron chi connectivity index (χ1n) is 11.2. The Morgan fingerprint density at radius 1 is 0.500 bits per heavy atom. The molecule has 0 aliphatic carbocycles. The lowest BCUT2D eigenvalue weighted by Gasteiger charge is -2.15. The van der Waals surface area contributed by atoms with Crippen molar-refractivity contribution in [1.82, 2.24) is 0 Å². The van der Waals surface area contributed by atoms with Gasteiger partial charge in [0.05, 0.1) is 24.4 Å². The van der Waals surface area contributed by atoms with Crippen LogP contribution in [0.15, 0.2) is 0 Å². The van der Waals surface area contributed by atoms with E-state index in [-0.39, 0.29) is 12.8 Å². The standard InChI is InChI=1S/C24H42O4/c1-3-5-7-9-13-17-21(25)23(27)19-15-11-12-16-20-24(28)22(26)18-14-10-8-6-4-2/h21-28H,3-10,13-14,17-20H2,1-2H3/t21-,22+,23-,24+. The third-order valence-electron chi connectivity index (χ3n) is 4.96. The molecular weight excluding hydrogens is 352 g/mol. The second-order valence-corrected chi connectivity index (χ2v) is 7.69. The summed E-state index contributed by atoms with van der Waals surface area (Å²) in [6.45, 7) is 4.33. The summed E-state index contributed by atoms with van der Waals surface area (Å²) in [4.78, 5) is 0. The summed E-state index contributed by atoms with van der Waals surface area (Å²) in [6, 6.07) is 0. The van der Waals surface area contributed by atoms with Crippen LogP contribution in [0.1, 0.15) is 104 Å². The molecule has 0 aromatic rings. The summed E-state index contributed by atoms with van der Waals surface area (Å²) in [7, 11) is 0. The number of rotatable bonds is 16. The van der Waals surface area contributed by atoms with Crippen molar-refractivity contribution in [1.29, 1.82) is 0 Å². The Bertz CT molecular complexity index is 424. The number of aliphatic hydroxyl groups is 4. The molecule has 0 aliphatic rings. The molecule has 4 nitrogen and oxygen atoms in total. The maximum Gasteiger partial charge on any atom is 0.0908 e. The van der Waals surface area contributed by atoms with Crippen molar-refractivity contribution < 1.29 is 20.4 Å². The first kappa shape index (κ1) is 27.0. The lowest BCUT2D eigenvalue weighted by Crippen LogP contribution is -2.25. The third-order valence-corrected chi connectivity index (χ3v) is 4.96. The molecule has 0 aromatic carbocycles. The molecule has 0 aromatic heterocycles. The average Bonchev–Trinajstić information content (AvgIpc) is 2.69. The van der Waals surface area contributed by atoms with Crippen molar-refractivity contribution >= 4 is 0 Å². The predicted molar refractivity (Wildman–Crippen MR) is 116 cm³/mol. The van der Waals surface area contributed by atoms with Crippen LogP contribution in [-0.4, -0.2) is 44.8 Å². The van der Waals surface area contributed by atoms with Gasteiger partial charge < -0.3 is 20.4 Å². The Morgan fingerprint density at radius 3 is 1.21 bits per heavy atom. The summed E-state index contributed by atoms with van der Waals surface area (Å²) >= 11 is 0. The van der Waals surface area contributed by atoms with Gasteiger partial charge in [-0.25, -0.2) is 0 Å². The van der Waals surface area contributed by atoms with Gasteiger partial charge in [0.15, 0.2) is 0 Å². The molecule has 0 fully saturated rings. The Balaban J connectivity index is 3.92. The molecule has 162 valence electrons. The number of hydrogen-bond donors (Lipinski definition) is 4. The Hall–Kier alpha value is -1.04. The van der Waals surface area contributed by atoms with Gasteiger partial charge in [0.2, 0.25) is 0 Å². The highest BCUT2D eigenvalue weighted by atomic mass is 16.3. The van der Waals surface area contributed by atoms with Crippen LogP contribution in [0.4, 0.5) is 0 Å². The van der Waals surface area contributed by atoms with Crippen molar-refractivity contribution in [2.45, 2.75) is 128 Å². The van der Waals surface area contributed by atoms with E-state index in [4.69, 9.17) is 0 Å². The van der Waals surface area contributed by atoms with E-state index in [0.29, 0.717) is 12.8 Å². The number of aliphatic hydroxyl groups excluding tert-OH is 4. The molecule has 0 spiro atoms. The third kappa shape index (κ3) is 16.0. The van der Waals surface area contributed by atoms with E-state index in [0.717, 1.165) is 25.7 Å². The minimum atomic E-state index is -0.847. The topological polar surface area (TPSA) is 80.9 Å². The van der Waals surface area contributed by atoms with E-state index in [9.17, 15) is 20.4 Å². The Labute approximate surface area is 172 Å². The summed E-state index contributed by atoms with van der Waals surface area (Å²) in [5.74, 6) is 10.8.